The van der Waals surface area contributed by atoms with Crippen molar-refractivity contribution < 1.29 is 18.7 Å². The second-order valence-corrected chi connectivity index (χ2v) is 6.56. The molecule has 0 aliphatic carbocycles. The van der Waals surface area contributed by atoms with Gasteiger partial charge in [-0.15, -0.1) is 0 Å². The fourth-order valence-corrected chi connectivity index (χ4v) is 3.25. The molecule has 2 heterocycles. The highest BCUT2D eigenvalue weighted by Crippen LogP contribution is 2.27. The van der Waals surface area contributed by atoms with Gasteiger partial charge in [0.2, 0.25) is 6.54 Å². The number of hydrogen-bond acceptors (Lipinski definition) is 4. The van der Waals surface area contributed by atoms with Crippen LogP contribution in [0.25, 0.3) is 0 Å². The van der Waals surface area contributed by atoms with Crippen molar-refractivity contribution in [2.45, 2.75) is 12.8 Å². The van der Waals surface area contributed by atoms with E-state index in [-0.39, 0.29) is 12.4 Å². The zero-order valence-corrected chi connectivity index (χ0v) is 14.4. The van der Waals surface area contributed by atoms with Gasteiger partial charge in [-0.25, -0.2) is 9.18 Å². The first-order valence-corrected chi connectivity index (χ1v) is 8.50. The maximum Gasteiger partial charge on any atom is 0.502 e. The van der Waals surface area contributed by atoms with Crippen LogP contribution in [0.3, 0.4) is 0 Å². The first-order valence-electron chi connectivity index (χ1n) is 8.13. The lowest BCUT2D eigenvalue weighted by Gasteiger charge is -2.27. The number of halogens is 2. The number of amides is 2. The highest BCUT2D eigenvalue weighted by atomic mass is 35.5. The molecule has 2 aromatic rings. The van der Waals surface area contributed by atoms with Gasteiger partial charge in [-0.3, -0.25) is 9.69 Å². The van der Waals surface area contributed by atoms with Gasteiger partial charge in [0.15, 0.2) is 0 Å². The van der Waals surface area contributed by atoms with E-state index in [0.29, 0.717) is 18.1 Å². The summed E-state index contributed by atoms with van der Waals surface area (Å²) in [5, 5.41) is 5.05. The Morgan fingerprint density at radius 1 is 1.04 bits per heavy atom. The molecule has 1 atom stereocenters. The van der Waals surface area contributed by atoms with Crippen LogP contribution in [0.15, 0.2) is 53.6 Å². The van der Waals surface area contributed by atoms with Gasteiger partial charge in [-0.05, 0) is 41.1 Å². The molecule has 0 spiro atoms. The molecule has 0 bridgehead atoms. The lowest BCUT2D eigenvalue weighted by molar-refractivity contribution is -0.534. The first-order chi connectivity index (χ1) is 12.5. The van der Waals surface area contributed by atoms with Gasteiger partial charge in [-0.2, -0.15) is 0 Å². The average molecular weight is 374 g/mol. The van der Waals surface area contributed by atoms with Crippen LogP contribution in [-0.4, -0.2) is 40.8 Å². The number of benzene rings is 2. The minimum atomic E-state index is -0.655. The third kappa shape index (κ3) is 2.94. The highest BCUT2D eigenvalue weighted by molar-refractivity contribution is 6.31. The van der Waals surface area contributed by atoms with Crippen LogP contribution in [-0.2, 0) is 16.1 Å². The summed E-state index contributed by atoms with van der Waals surface area (Å²) in [6, 6.07) is 13.0. The summed E-state index contributed by atoms with van der Waals surface area (Å²) in [4.78, 5) is 28.1. The molecule has 2 aliphatic rings. The molecule has 1 saturated heterocycles. The van der Waals surface area contributed by atoms with Crippen molar-refractivity contribution in [2.24, 2.45) is 5.11 Å². The molecule has 2 aromatic carbocycles. The number of nitrogens with zero attached hydrogens (tertiary/aromatic N) is 4. The summed E-state index contributed by atoms with van der Waals surface area (Å²) in [6.07, 6.45) is -0.613. The topological polar surface area (TPSA) is 56.0 Å². The third-order valence-electron chi connectivity index (χ3n) is 4.46. The largest absolute Gasteiger partial charge is 0.502 e. The lowest BCUT2D eigenvalue weighted by Crippen LogP contribution is -2.51. The maximum atomic E-state index is 13.2. The van der Waals surface area contributed by atoms with Crippen LogP contribution in [0.4, 0.5) is 10.1 Å². The highest BCUT2D eigenvalue weighted by Gasteiger charge is 2.49. The Morgan fingerprint density at radius 3 is 2.38 bits per heavy atom. The van der Waals surface area contributed by atoms with Crippen molar-refractivity contribution in [3.63, 3.8) is 0 Å². The molecule has 8 heteroatoms. The molecule has 0 saturated carbocycles. The zero-order valence-electron chi connectivity index (χ0n) is 13.7. The van der Waals surface area contributed by atoms with E-state index < -0.39 is 18.1 Å². The number of fused-ring (bicyclic) bond motifs is 1. The molecule has 1 unspecified atom stereocenters. The average Bonchev–Trinajstić information content (AvgIpc) is 3.06. The first kappa shape index (κ1) is 16.7. The van der Waals surface area contributed by atoms with E-state index in [0.717, 1.165) is 11.3 Å². The van der Waals surface area contributed by atoms with E-state index in [4.69, 9.17) is 11.6 Å². The lowest BCUT2D eigenvalue weighted by atomic mass is 10.2. The molecule has 4 rings (SSSR count). The van der Waals surface area contributed by atoms with Crippen LogP contribution < -0.4 is 4.90 Å². The van der Waals surface area contributed by atoms with Gasteiger partial charge in [0.25, 0.3) is 6.29 Å². The Morgan fingerprint density at radius 2 is 1.69 bits per heavy atom. The molecule has 132 valence electrons. The standard InChI is InChI=1S/C18H15ClFN4O2/c19-13-3-1-12(2-4-13)11-24-17(26)16(25)23-10-9-22(18(23)21-24)15-7-5-14(20)6-8-15/h1-8,18H,9-11H2/q+1. The molecule has 26 heavy (non-hydrogen) atoms. The van der Waals surface area contributed by atoms with Crippen molar-refractivity contribution in [3.8, 4) is 0 Å². The summed E-state index contributed by atoms with van der Waals surface area (Å²) in [5.41, 5.74) is 1.57. The van der Waals surface area contributed by atoms with E-state index in [2.05, 4.69) is 5.11 Å². The zero-order chi connectivity index (χ0) is 18.3. The molecule has 6 nitrogen and oxygen atoms in total. The van der Waals surface area contributed by atoms with Crippen molar-refractivity contribution in [2.75, 3.05) is 18.0 Å². The van der Waals surface area contributed by atoms with Crippen LogP contribution in [0.2, 0.25) is 5.02 Å². The molecular weight excluding hydrogens is 359 g/mol. The van der Waals surface area contributed by atoms with Crippen molar-refractivity contribution in [1.29, 1.82) is 0 Å². The molecule has 1 fully saturated rings. The third-order valence-corrected chi connectivity index (χ3v) is 4.72. The number of carbonyl (C=O) groups excluding carboxylic acids is 2. The number of azo groups is 2. The van der Waals surface area contributed by atoms with Crippen molar-refractivity contribution in [3.05, 3.63) is 64.9 Å². The Bertz CT molecular complexity index is 898. The van der Waals surface area contributed by atoms with E-state index >= 15 is 0 Å². The molecule has 0 N–H and O–H groups in total. The second kappa shape index (κ2) is 6.49. The van der Waals surface area contributed by atoms with Gasteiger partial charge in [0.05, 0.1) is 0 Å². The Labute approximate surface area is 154 Å². The predicted octanol–water partition coefficient (Wildman–Crippen LogP) is 2.62. The van der Waals surface area contributed by atoms with E-state index in [1.807, 2.05) is 4.90 Å². The summed E-state index contributed by atoms with van der Waals surface area (Å²) in [6.45, 7) is 1.10. The van der Waals surface area contributed by atoms with Gasteiger partial charge >= 0.3 is 11.8 Å². The molecule has 2 aliphatic heterocycles. The summed E-state index contributed by atoms with van der Waals surface area (Å²) in [7, 11) is 0. The monoisotopic (exact) mass is 373 g/mol. The fraction of sp³-hybridized carbons (Fsp3) is 0.222. The normalized spacial score (nSPS) is 19.6. The number of rotatable bonds is 3. The second-order valence-electron chi connectivity index (χ2n) is 6.12. The van der Waals surface area contributed by atoms with Crippen LogP contribution in [0.1, 0.15) is 5.56 Å². The fourth-order valence-electron chi connectivity index (χ4n) is 3.13. The minimum Gasteiger partial charge on any atom is -0.326 e. The Hall–Kier alpha value is -2.80. The van der Waals surface area contributed by atoms with Gasteiger partial charge in [0, 0.05) is 34.5 Å². The Balaban J connectivity index is 1.65. The minimum absolute atomic E-state index is 0.184. The van der Waals surface area contributed by atoms with Gasteiger partial charge in [-0.1, -0.05) is 23.7 Å². The van der Waals surface area contributed by atoms with E-state index in [1.54, 1.807) is 36.4 Å². The van der Waals surface area contributed by atoms with Crippen LogP contribution in [0, 0.1) is 5.82 Å². The van der Waals surface area contributed by atoms with Crippen LogP contribution in [0.5, 0.6) is 0 Å². The summed E-state index contributed by atoms with van der Waals surface area (Å²) < 4.78 is 14.4. The summed E-state index contributed by atoms with van der Waals surface area (Å²) >= 11 is 5.88. The molecule has 0 aromatic heterocycles. The van der Waals surface area contributed by atoms with Gasteiger partial charge < -0.3 is 4.90 Å². The van der Waals surface area contributed by atoms with E-state index in [9.17, 15) is 14.0 Å². The number of hydrogen-bond donors (Lipinski definition) is 0. The van der Waals surface area contributed by atoms with Crippen molar-refractivity contribution >= 4 is 29.1 Å². The van der Waals surface area contributed by atoms with Crippen molar-refractivity contribution in [1.82, 2.24) is 4.90 Å². The van der Waals surface area contributed by atoms with E-state index in [1.165, 1.54) is 21.7 Å². The summed E-state index contributed by atoms with van der Waals surface area (Å²) in [5.74, 6) is -1.57. The molecular formula is C18H15ClFN4O2+. The van der Waals surface area contributed by atoms with Gasteiger partial charge in [0.1, 0.15) is 5.82 Å². The molecule has 0 radical (unpaired) electrons. The Kier molecular flexibility index (Phi) is 4.16. The predicted molar refractivity (Wildman–Crippen MR) is 92.1 cm³/mol. The number of anilines is 1. The quantitative estimate of drug-likeness (QED) is 0.614. The SMILES string of the molecule is O=C1C(=O)[N+](Cc2ccc(Cl)cc2)=NC2N1CCN2c1ccc(F)cc1. The van der Waals surface area contributed by atoms with Crippen LogP contribution >= 0.6 is 11.6 Å². The smallest absolute Gasteiger partial charge is 0.326 e. The number of carbonyl (C=O) groups is 2. The molecule has 2 amide bonds. The maximum absolute atomic E-state index is 13.2.